The number of amides is 1. The molecule has 0 unspecified atom stereocenters. The number of alkyl halides is 1. The summed E-state index contributed by atoms with van der Waals surface area (Å²) in [5.41, 5.74) is 0.540. The summed E-state index contributed by atoms with van der Waals surface area (Å²) >= 11 is 5.45. The van der Waals surface area contributed by atoms with E-state index in [4.69, 9.17) is 16.3 Å². The van der Waals surface area contributed by atoms with E-state index in [9.17, 15) is 14.0 Å². The summed E-state index contributed by atoms with van der Waals surface area (Å²) in [6.45, 7) is 0.913. The number of halogens is 2. The number of benzene rings is 1. The van der Waals surface area contributed by atoms with Crippen LogP contribution >= 0.6 is 11.6 Å². The molecular weight excluding hydrogens is 261 g/mol. The maximum Gasteiger partial charge on any atom is 0.299 e. The van der Waals surface area contributed by atoms with E-state index in [2.05, 4.69) is 0 Å². The van der Waals surface area contributed by atoms with Crippen LogP contribution in [-0.2, 0) is 9.53 Å². The van der Waals surface area contributed by atoms with Gasteiger partial charge < -0.3 is 9.64 Å². The molecule has 2 rings (SSSR count). The van der Waals surface area contributed by atoms with E-state index in [1.807, 2.05) is 0 Å². The summed E-state index contributed by atoms with van der Waals surface area (Å²) in [6, 6.07) is 3.72. The van der Waals surface area contributed by atoms with Crippen molar-refractivity contribution in [3.63, 3.8) is 0 Å². The molecule has 0 atom stereocenters. The van der Waals surface area contributed by atoms with Crippen LogP contribution in [0.4, 0.5) is 10.1 Å². The highest BCUT2D eigenvalue weighted by molar-refractivity contribution is 6.52. The van der Waals surface area contributed by atoms with Crippen LogP contribution in [0.25, 0.3) is 0 Å². The Morgan fingerprint density at radius 1 is 1.28 bits per heavy atom. The molecule has 6 heteroatoms. The number of carbonyl (C=O) groups is 2. The predicted octanol–water partition coefficient (Wildman–Crippen LogP) is 1.61. The molecule has 96 valence electrons. The topological polar surface area (TPSA) is 46.6 Å². The molecule has 1 heterocycles. The van der Waals surface area contributed by atoms with Gasteiger partial charge in [-0.15, -0.1) is 11.6 Å². The van der Waals surface area contributed by atoms with E-state index < -0.39 is 17.5 Å². The number of Topliss-reactive ketones (excluding diaryl/α,β-unsaturated/α-hetero) is 1. The Morgan fingerprint density at radius 3 is 2.78 bits per heavy atom. The van der Waals surface area contributed by atoms with E-state index in [1.54, 1.807) is 0 Å². The predicted molar refractivity (Wildman–Crippen MR) is 64.6 cm³/mol. The van der Waals surface area contributed by atoms with Gasteiger partial charge in [0, 0.05) is 12.4 Å². The number of hydrogen-bond donors (Lipinski definition) is 0. The van der Waals surface area contributed by atoms with Crippen molar-refractivity contribution in [1.29, 1.82) is 0 Å². The van der Waals surface area contributed by atoms with Crippen molar-refractivity contribution in [3.8, 4) is 0 Å². The van der Waals surface area contributed by atoms with E-state index in [1.165, 1.54) is 17.0 Å². The van der Waals surface area contributed by atoms with Crippen molar-refractivity contribution in [1.82, 2.24) is 0 Å². The minimum Gasteiger partial charge on any atom is -0.378 e. The highest BCUT2D eigenvalue weighted by Gasteiger charge is 2.35. The van der Waals surface area contributed by atoms with Gasteiger partial charge in [0.25, 0.3) is 11.7 Å². The number of ether oxygens (including phenoxy) is 1. The van der Waals surface area contributed by atoms with Gasteiger partial charge in [0.2, 0.25) is 0 Å². The van der Waals surface area contributed by atoms with E-state index >= 15 is 0 Å². The van der Waals surface area contributed by atoms with Gasteiger partial charge in [0.05, 0.1) is 24.5 Å². The average molecular weight is 272 g/mol. The molecule has 1 aromatic carbocycles. The summed E-state index contributed by atoms with van der Waals surface area (Å²) in [5, 5.41) is 0. The number of fused-ring (bicyclic) bond motifs is 1. The lowest BCUT2D eigenvalue weighted by Gasteiger charge is -2.16. The average Bonchev–Trinajstić information content (AvgIpc) is 2.59. The molecule has 0 N–H and O–H groups in total. The lowest BCUT2D eigenvalue weighted by Crippen LogP contribution is -2.33. The molecule has 0 aliphatic carbocycles. The zero-order valence-electron chi connectivity index (χ0n) is 9.49. The fourth-order valence-electron chi connectivity index (χ4n) is 1.81. The number of rotatable bonds is 5. The minimum absolute atomic E-state index is 0.109. The Bertz CT molecular complexity index is 492. The van der Waals surface area contributed by atoms with Gasteiger partial charge in [-0.2, -0.15) is 0 Å². The first kappa shape index (κ1) is 13.0. The quantitative estimate of drug-likeness (QED) is 0.464. The third-order valence-corrected chi connectivity index (χ3v) is 2.77. The lowest BCUT2D eigenvalue weighted by molar-refractivity contribution is -0.114. The first-order chi connectivity index (χ1) is 8.65. The van der Waals surface area contributed by atoms with Crippen molar-refractivity contribution < 1.29 is 18.7 Å². The van der Waals surface area contributed by atoms with Gasteiger partial charge >= 0.3 is 0 Å². The number of carbonyl (C=O) groups excluding carboxylic acids is 2. The number of nitrogens with zero attached hydrogens (tertiary/aromatic N) is 1. The number of hydrogen-bond acceptors (Lipinski definition) is 3. The summed E-state index contributed by atoms with van der Waals surface area (Å²) < 4.78 is 18.2. The molecule has 0 aromatic heterocycles. The summed E-state index contributed by atoms with van der Waals surface area (Å²) in [6.07, 6.45) is 0. The minimum atomic E-state index is -0.679. The molecule has 18 heavy (non-hydrogen) atoms. The maximum absolute atomic E-state index is 13.0. The van der Waals surface area contributed by atoms with Gasteiger partial charge in [-0.1, -0.05) is 0 Å². The van der Waals surface area contributed by atoms with E-state index in [0.717, 1.165) is 6.07 Å². The van der Waals surface area contributed by atoms with Crippen LogP contribution in [0.2, 0.25) is 0 Å². The number of ketones is 1. The van der Waals surface area contributed by atoms with E-state index in [0.29, 0.717) is 18.2 Å². The second-order valence-corrected chi connectivity index (χ2v) is 4.13. The Balaban J connectivity index is 2.13. The van der Waals surface area contributed by atoms with Gasteiger partial charge in [0.15, 0.2) is 0 Å². The monoisotopic (exact) mass is 271 g/mol. The maximum atomic E-state index is 13.0. The molecule has 1 aliphatic heterocycles. The first-order valence-electron chi connectivity index (χ1n) is 5.44. The standard InChI is InChI=1S/C12H11ClFNO3/c13-3-5-18-6-4-15-10-2-1-8(14)7-9(10)11(16)12(15)17/h1-2,7H,3-6H2. The third kappa shape index (κ3) is 2.37. The molecule has 0 saturated heterocycles. The molecule has 0 radical (unpaired) electrons. The molecule has 0 fully saturated rings. The van der Waals surface area contributed by atoms with Gasteiger partial charge in [-0.05, 0) is 18.2 Å². The van der Waals surface area contributed by atoms with Crippen LogP contribution in [0.1, 0.15) is 10.4 Å². The first-order valence-corrected chi connectivity index (χ1v) is 5.98. The Labute approximate surface area is 108 Å². The van der Waals surface area contributed by atoms with Crippen molar-refractivity contribution in [3.05, 3.63) is 29.6 Å². The van der Waals surface area contributed by atoms with Gasteiger partial charge in [-0.3, -0.25) is 9.59 Å². The van der Waals surface area contributed by atoms with Gasteiger partial charge in [0.1, 0.15) is 5.82 Å². The smallest absolute Gasteiger partial charge is 0.299 e. The molecule has 4 nitrogen and oxygen atoms in total. The molecule has 0 spiro atoms. The summed E-state index contributed by atoms with van der Waals surface area (Å²) in [5.74, 6) is -1.49. The van der Waals surface area contributed by atoms with Crippen LogP contribution in [0, 0.1) is 5.82 Å². The Kier molecular flexibility index (Phi) is 3.93. The van der Waals surface area contributed by atoms with Crippen LogP contribution < -0.4 is 4.90 Å². The van der Waals surface area contributed by atoms with Gasteiger partial charge in [-0.25, -0.2) is 4.39 Å². The second kappa shape index (κ2) is 5.46. The van der Waals surface area contributed by atoms with Crippen LogP contribution in [0.15, 0.2) is 18.2 Å². The summed E-state index contributed by atoms with van der Waals surface area (Å²) in [4.78, 5) is 24.6. The van der Waals surface area contributed by atoms with E-state index in [-0.39, 0.29) is 18.7 Å². The molecular formula is C12H11ClFNO3. The fraction of sp³-hybridized carbons (Fsp3) is 0.333. The Hall–Kier alpha value is -1.46. The zero-order valence-corrected chi connectivity index (χ0v) is 10.2. The van der Waals surface area contributed by atoms with Crippen molar-refractivity contribution in [2.24, 2.45) is 0 Å². The zero-order chi connectivity index (χ0) is 13.1. The second-order valence-electron chi connectivity index (χ2n) is 3.75. The van der Waals surface area contributed by atoms with Crippen LogP contribution in [0.3, 0.4) is 0 Å². The van der Waals surface area contributed by atoms with Crippen LogP contribution in [0.5, 0.6) is 0 Å². The number of anilines is 1. The third-order valence-electron chi connectivity index (χ3n) is 2.61. The fourth-order valence-corrected chi connectivity index (χ4v) is 1.92. The Morgan fingerprint density at radius 2 is 2.06 bits per heavy atom. The molecule has 1 aromatic rings. The van der Waals surface area contributed by atoms with Crippen molar-refractivity contribution >= 4 is 29.0 Å². The normalized spacial score (nSPS) is 14.2. The van der Waals surface area contributed by atoms with Crippen molar-refractivity contribution in [2.75, 3.05) is 30.5 Å². The SMILES string of the molecule is O=C1C(=O)N(CCOCCCl)c2ccc(F)cc21. The van der Waals surface area contributed by atoms with Crippen LogP contribution in [-0.4, -0.2) is 37.3 Å². The highest BCUT2D eigenvalue weighted by atomic mass is 35.5. The lowest BCUT2D eigenvalue weighted by atomic mass is 10.1. The largest absolute Gasteiger partial charge is 0.378 e. The molecule has 1 amide bonds. The summed E-state index contributed by atoms with van der Waals surface area (Å²) in [7, 11) is 0. The molecule has 0 bridgehead atoms. The molecule has 0 saturated carbocycles. The van der Waals surface area contributed by atoms with Crippen molar-refractivity contribution in [2.45, 2.75) is 0 Å². The molecule has 1 aliphatic rings. The highest BCUT2D eigenvalue weighted by Crippen LogP contribution is 2.29.